The minimum atomic E-state index is -1.02. The van der Waals surface area contributed by atoms with Crippen molar-refractivity contribution in [1.29, 1.82) is 0 Å². The molecule has 1 rings (SSSR count). The predicted octanol–water partition coefficient (Wildman–Crippen LogP) is 1.45. The maximum absolute atomic E-state index is 13.3. The topological polar surface area (TPSA) is 72.7 Å². The normalized spacial score (nSPS) is 10.2. The summed E-state index contributed by atoms with van der Waals surface area (Å²) < 4.78 is 18.2. The van der Waals surface area contributed by atoms with Crippen LogP contribution >= 0.6 is 0 Å². The maximum Gasteiger partial charge on any atom is 0.304 e. The molecule has 18 heavy (non-hydrogen) atoms. The SMILES string of the molecule is COCCN(C)C(=O)c1ccc([N+](=O)[O-])c(F)c1. The zero-order valence-electron chi connectivity index (χ0n) is 10.1. The Morgan fingerprint density at radius 3 is 2.72 bits per heavy atom. The van der Waals surface area contributed by atoms with Gasteiger partial charge in [-0.05, 0) is 12.1 Å². The summed E-state index contributed by atoms with van der Waals surface area (Å²) in [6.07, 6.45) is 0. The minimum Gasteiger partial charge on any atom is -0.383 e. The molecular weight excluding hydrogens is 243 g/mol. The van der Waals surface area contributed by atoms with E-state index in [-0.39, 0.29) is 5.56 Å². The van der Waals surface area contributed by atoms with E-state index in [1.54, 1.807) is 7.05 Å². The summed E-state index contributed by atoms with van der Waals surface area (Å²) in [4.78, 5) is 22.8. The standard InChI is InChI=1S/C11H13FN2O4/c1-13(5-6-18-2)11(15)8-3-4-10(14(16)17)9(12)7-8/h3-4,7H,5-6H2,1-2H3. The quantitative estimate of drug-likeness (QED) is 0.590. The first-order chi connectivity index (χ1) is 8.47. The van der Waals surface area contributed by atoms with Crippen molar-refractivity contribution in [3.05, 3.63) is 39.7 Å². The summed E-state index contributed by atoms with van der Waals surface area (Å²) in [5, 5.41) is 10.4. The molecule has 0 fully saturated rings. The van der Waals surface area contributed by atoms with Crippen LogP contribution in [0.5, 0.6) is 0 Å². The number of amides is 1. The van der Waals surface area contributed by atoms with E-state index in [2.05, 4.69) is 0 Å². The number of halogens is 1. The second-order valence-electron chi connectivity index (χ2n) is 3.64. The van der Waals surface area contributed by atoms with Gasteiger partial charge in [0.25, 0.3) is 5.91 Å². The Morgan fingerprint density at radius 1 is 1.56 bits per heavy atom. The van der Waals surface area contributed by atoms with Crippen LogP contribution in [0.1, 0.15) is 10.4 Å². The lowest BCUT2D eigenvalue weighted by molar-refractivity contribution is -0.387. The van der Waals surface area contributed by atoms with Crippen LogP contribution in [0.15, 0.2) is 18.2 Å². The number of nitrogens with zero attached hydrogens (tertiary/aromatic N) is 2. The van der Waals surface area contributed by atoms with Gasteiger partial charge in [0.2, 0.25) is 5.82 Å². The van der Waals surface area contributed by atoms with E-state index < -0.39 is 22.3 Å². The van der Waals surface area contributed by atoms with Crippen molar-refractivity contribution in [2.24, 2.45) is 0 Å². The Hall–Kier alpha value is -2.02. The van der Waals surface area contributed by atoms with Gasteiger partial charge in [-0.2, -0.15) is 4.39 Å². The number of rotatable bonds is 5. The van der Waals surface area contributed by atoms with E-state index in [1.807, 2.05) is 0 Å². The molecule has 0 aliphatic rings. The smallest absolute Gasteiger partial charge is 0.304 e. The van der Waals surface area contributed by atoms with Crippen molar-refractivity contribution in [1.82, 2.24) is 4.90 Å². The second kappa shape index (κ2) is 6.06. The molecule has 0 aliphatic carbocycles. The van der Waals surface area contributed by atoms with Crippen molar-refractivity contribution in [2.75, 3.05) is 27.3 Å². The molecule has 1 amide bonds. The number of nitro groups is 1. The van der Waals surface area contributed by atoms with Crippen molar-refractivity contribution in [3.8, 4) is 0 Å². The number of methoxy groups -OCH3 is 1. The lowest BCUT2D eigenvalue weighted by Crippen LogP contribution is -2.30. The molecular formula is C11H13FN2O4. The van der Waals surface area contributed by atoms with Gasteiger partial charge in [-0.1, -0.05) is 0 Å². The predicted molar refractivity (Wildman–Crippen MR) is 61.9 cm³/mol. The number of carbonyl (C=O) groups is 1. The Labute approximate surface area is 103 Å². The molecule has 0 unspecified atom stereocenters. The average Bonchev–Trinajstić information content (AvgIpc) is 2.34. The first-order valence-corrected chi connectivity index (χ1v) is 5.15. The molecule has 0 bridgehead atoms. The summed E-state index contributed by atoms with van der Waals surface area (Å²) in [5.41, 5.74) is -0.581. The van der Waals surface area contributed by atoms with Gasteiger partial charge in [0.15, 0.2) is 0 Å². The number of ether oxygens (including phenoxy) is 1. The fraction of sp³-hybridized carbons (Fsp3) is 0.364. The van der Waals surface area contributed by atoms with E-state index in [1.165, 1.54) is 18.1 Å². The van der Waals surface area contributed by atoms with Gasteiger partial charge in [0.1, 0.15) is 0 Å². The lowest BCUT2D eigenvalue weighted by Gasteiger charge is -2.16. The van der Waals surface area contributed by atoms with Crippen molar-refractivity contribution in [2.45, 2.75) is 0 Å². The van der Waals surface area contributed by atoms with E-state index in [0.717, 1.165) is 12.1 Å². The van der Waals surface area contributed by atoms with Gasteiger partial charge in [-0.15, -0.1) is 0 Å². The van der Waals surface area contributed by atoms with Crippen molar-refractivity contribution < 1.29 is 18.8 Å². The highest BCUT2D eigenvalue weighted by Gasteiger charge is 2.18. The van der Waals surface area contributed by atoms with Gasteiger partial charge in [-0.3, -0.25) is 14.9 Å². The van der Waals surface area contributed by atoms with Crippen molar-refractivity contribution >= 4 is 11.6 Å². The van der Waals surface area contributed by atoms with Crippen LogP contribution in [-0.2, 0) is 4.74 Å². The highest BCUT2D eigenvalue weighted by Crippen LogP contribution is 2.18. The highest BCUT2D eigenvalue weighted by molar-refractivity contribution is 5.94. The van der Waals surface area contributed by atoms with Crippen LogP contribution in [0.3, 0.4) is 0 Å². The van der Waals surface area contributed by atoms with Crippen LogP contribution in [0.2, 0.25) is 0 Å². The third kappa shape index (κ3) is 3.24. The molecule has 0 spiro atoms. The summed E-state index contributed by atoms with van der Waals surface area (Å²) in [6.45, 7) is 0.714. The highest BCUT2D eigenvalue weighted by atomic mass is 19.1. The number of likely N-dealkylation sites (N-methyl/N-ethyl adjacent to an activating group) is 1. The van der Waals surface area contributed by atoms with Crippen LogP contribution < -0.4 is 0 Å². The van der Waals surface area contributed by atoms with Gasteiger partial charge < -0.3 is 9.64 Å². The second-order valence-corrected chi connectivity index (χ2v) is 3.64. The maximum atomic E-state index is 13.3. The largest absolute Gasteiger partial charge is 0.383 e. The summed E-state index contributed by atoms with van der Waals surface area (Å²) >= 11 is 0. The molecule has 0 radical (unpaired) electrons. The van der Waals surface area contributed by atoms with Crippen LogP contribution in [0, 0.1) is 15.9 Å². The molecule has 0 aliphatic heterocycles. The van der Waals surface area contributed by atoms with Crippen LogP contribution in [0.25, 0.3) is 0 Å². The third-order valence-electron chi connectivity index (χ3n) is 2.37. The molecule has 0 heterocycles. The minimum absolute atomic E-state index is 0.0664. The Balaban J connectivity index is 2.87. The molecule has 1 aromatic carbocycles. The average molecular weight is 256 g/mol. The van der Waals surface area contributed by atoms with Gasteiger partial charge in [0.05, 0.1) is 11.5 Å². The number of hydrogen-bond acceptors (Lipinski definition) is 4. The molecule has 1 aromatic rings. The zero-order chi connectivity index (χ0) is 13.7. The van der Waals surface area contributed by atoms with E-state index in [4.69, 9.17) is 4.74 Å². The number of carbonyl (C=O) groups excluding carboxylic acids is 1. The van der Waals surface area contributed by atoms with Crippen LogP contribution in [0.4, 0.5) is 10.1 Å². The Bertz CT molecular complexity index is 464. The zero-order valence-corrected chi connectivity index (χ0v) is 10.1. The van der Waals surface area contributed by atoms with Crippen LogP contribution in [-0.4, -0.2) is 43.0 Å². The van der Waals surface area contributed by atoms with E-state index >= 15 is 0 Å². The first-order valence-electron chi connectivity index (χ1n) is 5.15. The molecule has 0 N–H and O–H groups in total. The molecule has 0 aromatic heterocycles. The molecule has 98 valence electrons. The monoisotopic (exact) mass is 256 g/mol. The first kappa shape index (κ1) is 14.0. The van der Waals surface area contributed by atoms with E-state index in [9.17, 15) is 19.3 Å². The Kier molecular flexibility index (Phi) is 4.73. The molecule has 0 saturated heterocycles. The van der Waals surface area contributed by atoms with Crippen molar-refractivity contribution in [3.63, 3.8) is 0 Å². The molecule has 6 nitrogen and oxygen atoms in total. The number of nitro benzene ring substituents is 1. The number of benzene rings is 1. The fourth-order valence-electron chi connectivity index (χ4n) is 1.34. The lowest BCUT2D eigenvalue weighted by atomic mass is 10.1. The summed E-state index contributed by atoms with van der Waals surface area (Å²) in [7, 11) is 3.05. The molecule has 0 atom stereocenters. The molecule has 0 saturated carbocycles. The summed E-state index contributed by atoms with van der Waals surface area (Å²) in [6, 6.07) is 3.07. The van der Waals surface area contributed by atoms with Gasteiger partial charge in [-0.25, -0.2) is 0 Å². The van der Waals surface area contributed by atoms with E-state index in [0.29, 0.717) is 13.2 Å². The Morgan fingerprint density at radius 2 is 2.22 bits per heavy atom. The summed E-state index contributed by atoms with van der Waals surface area (Å²) in [5.74, 6) is -1.44. The third-order valence-corrected chi connectivity index (χ3v) is 2.37. The molecule has 7 heteroatoms. The number of hydrogen-bond donors (Lipinski definition) is 0. The fourth-order valence-corrected chi connectivity index (χ4v) is 1.34. The van der Waals surface area contributed by atoms with Gasteiger partial charge in [0, 0.05) is 32.3 Å². The van der Waals surface area contributed by atoms with Gasteiger partial charge >= 0.3 is 5.69 Å².